The maximum absolute atomic E-state index is 10.6. The molecular formula is C20H37N5O18. The molecule has 23 heteroatoms. The van der Waals surface area contributed by atoms with Crippen molar-refractivity contribution in [2.24, 2.45) is 0 Å². The molecule has 0 aromatic carbocycles. The van der Waals surface area contributed by atoms with E-state index < -0.39 is 100 Å². The number of carboxylic acids is 8. The normalized spacial score (nSPS) is 10.1. The van der Waals surface area contributed by atoms with Gasteiger partial charge in [0.1, 0.15) is 0 Å². The molecule has 0 unspecified atom stereocenters. The van der Waals surface area contributed by atoms with Gasteiger partial charge in [0.15, 0.2) is 0 Å². The van der Waals surface area contributed by atoms with Crippen molar-refractivity contribution in [2.75, 3.05) is 78.5 Å². The minimum atomic E-state index is -1.23. The zero-order valence-corrected chi connectivity index (χ0v) is 22.7. The number of aliphatic carboxylic acids is 8. The van der Waals surface area contributed by atoms with Gasteiger partial charge in [0, 0.05) is 26.2 Å². The monoisotopic (exact) mass is 635 g/mol. The largest absolute Gasteiger partial charge is 0.480 e. The first kappa shape index (κ1) is 45.5. The third-order valence-corrected chi connectivity index (χ3v) is 4.34. The molecule has 0 saturated carbocycles. The lowest BCUT2D eigenvalue weighted by molar-refractivity contribution is -0.176. The van der Waals surface area contributed by atoms with Gasteiger partial charge in [-0.2, -0.15) is 0 Å². The van der Waals surface area contributed by atoms with Gasteiger partial charge in [-0.3, -0.25) is 68.5 Å². The molecule has 0 heterocycles. The van der Waals surface area contributed by atoms with Crippen molar-refractivity contribution in [3.05, 3.63) is 0 Å². The maximum Gasteiger partial charge on any atom is 0.317 e. The van der Waals surface area contributed by atoms with Crippen LogP contribution in [-0.4, -0.2) is 197 Å². The van der Waals surface area contributed by atoms with Crippen LogP contribution in [0.15, 0.2) is 0 Å². The molecule has 0 fully saturated rings. The molecule has 0 rings (SSSR count). The van der Waals surface area contributed by atoms with Crippen LogP contribution in [0.2, 0.25) is 0 Å². The SMILES string of the molecule is N.O=C(O)CN(CCN(CC(=O)O)CC(=O)O)CC(=O)O.O=C(O)CN(CCN(CC(=O)O)CC(=O)O)CC(=O)O.OO. The van der Waals surface area contributed by atoms with Crippen molar-refractivity contribution < 1.29 is 89.7 Å². The number of rotatable bonds is 22. The lowest BCUT2D eigenvalue weighted by Crippen LogP contribution is -2.43. The van der Waals surface area contributed by atoms with Gasteiger partial charge in [0.05, 0.1) is 52.4 Å². The van der Waals surface area contributed by atoms with E-state index >= 15 is 0 Å². The van der Waals surface area contributed by atoms with Crippen molar-refractivity contribution in [3.63, 3.8) is 0 Å². The predicted molar refractivity (Wildman–Crippen MR) is 137 cm³/mol. The third kappa shape index (κ3) is 33.6. The molecule has 250 valence electrons. The Kier molecular flexibility index (Phi) is 27.9. The topological polar surface area (TPSA) is 387 Å². The first-order valence-electron chi connectivity index (χ1n) is 11.2. The van der Waals surface area contributed by atoms with Gasteiger partial charge in [-0.15, -0.1) is 0 Å². The summed E-state index contributed by atoms with van der Waals surface area (Å²) in [4.78, 5) is 88.7. The average Bonchev–Trinajstić information content (AvgIpc) is 2.79. The van der Waals surface area contributed by atoms with Gasteiger partial charge in [-0.1, -0.05) is 0 Å². The van der Waals surface area contributed by atoms with Crippen LogP contribution < -0.4 is 6.15 Å². The van der Waals surface area contributed by atoms with E-state index in [1.54, 1.807) is 0 Å². The highest BCUT2D eigenvalue weighted by Gasteiger charge is 2.19. The van der Waals surface area contributed by atoms with Crippen LogP contribution in [-0.2, 0) is 38.4 Å². The number of carboxylic acid groups (broad SMARTS) is 8. The minimum Gasteiger partial charge on any atom is -0.480 e. The Balaban J connectivity index is -0.000000327. The molecule has 13 N–H and O–H groups in total. The molecule has 0 amide bonds. The molecule has 0 aromatic heterocycles. The van der Waals surface area contributed by atoms with E-state index in [4.69, 9.17) is 51.4 Å². The van der Waals surface area contributed by atoms with Crippen LogP contribution in [0.25, 0.3) is 0 Å². The Labute approximate surface area is 242 Å². The van der Waals surface area contributed by atoms with Gasteiger partial charge in [-0.05, 0) is 0 Å². The Bertz CT molecular complexity index is 709. The molecule has 23 nitrogen and oxygen atoms in total. The van der Waals surface area contributed by atoms with Gasteiger partial charge in [0.25, 0.3) is 0 Å². The zero-order valence-electron chi connectivity index (χ0n) is 22.7. The number of carbonyl (C=O) groups is 8. The predicted octanol–water partition coefficient (Wildman–Crippen LogP) is -3.96. The molecule has 0 radical (unpaired) electrons. The van der Waals surface area contributed by atoms with E-state index in [2.05, 4.69) is 0 Å². The number of hydrogen-bond donors (Lipinski definition) is 11. The van der Waals surface area contributed by atoms with E-state index in [0.717, 1.165) is 19.6 Å². The molecule has 0 aliphatic heterocycles. The summed E-state index contributed by atoms with van der Waals surface area (Å²) in [6.07, 6.45) is 0. The molecule has 0 bridgehead atoms. The second-order valence-electron chi connectivity index (χ2n) is 7.99. The molecule has 0 atom stereocenters. The van der Waals surface area contributed by atoms with Gasteiger partial charge in [-0.25, -0.2) is 0 Å². The summed E-state index contributed by atoms with van der Waals surface area (Å²) in [7, 11) is 0. The van der Waals surface area contributed by atoms with Gasteiger partial charge < -0.3 is 47.0 Å². The summed E-state index contributed by atoms with van der Waals surface area (Å²) in [5, 5.41) is 80.9. The van der Waals surface area contributed by atoms with Crippen LogP contribution in [0.5, 0.6) is 0 Å². The highest BCUT2D eigenvalue weighted by atomic mass is 17.0. The Morgan fingerprint density at radius 1 is 0.302 bits per heavy atom. The standard InChI is InChI=1S/2C10H16N2O8.H3N.H2O2/c2*13-7(14)3-11(4-8(15)16)1-2-12(5-9(17)18)6-10(19)20;;1-2/h2*1-6H2,(H,13,14)(H,15,16)(H,17,18)(H,19,20);1H3;1-2H. The van der Waals surface area contributed by atoms with Crippen LogP contribution in [0, 0.1) is 0 Å². The lowest BCUT2D eigenvalue weighted by Gasteiger charge is -2.23. The maximum atomic E-state index is 10.6. The Morgan fingerprint density at radius 3 is 0.465 bits per heavy atom. The van der Waals surface area contributed by atoms with Crippen molar-refractivity contribution in [2.45, 2.75) is 0 Å². The second-order valence-corrected chi connectivity index (χ2v) is 7.99. The average molecular weight is 636 g/mol. The van der Waals surface area contributed by atoms with E-state index in [0.29, 0.717) is 0 Å². The fraction of sp³-hybridized carbons (Fsp3) is 0.600. The van der Waals surface area contributed by atoms with Crippen LogP contribution in [0.4, 0.5) is 0 Å². The summed E-state index contributed by atoms with van der Waals surface area (Å²) < 4.78 is 0. The summed E-state index contributed by atoms with van der Waals surface area (Å²) in [6.45, 7) is -4.50. The number of hydrogen-bond acceptors (Lipinski definition) is 15. The first-order valence-corrected chi connectivity index (χ1v) is 11.2. The zero-order chi connectivity index (χ0) is 33.4. The Hall–Kier alpha value is -4.52. The molecule has 43 heavy (non-hydrogen) atoms. The summed E-state index contributed by atoms with van der Waals surface area (Å²) in [6, 6.07) is 0. The highest BCUT2D eigenvalue weighted by molar-refractivity contribution is 5.74. The molecule has 0 spiro atoms. The molecule has 0 aliphatic carbocycles. The van der Waals surface area contributed by atoms with Crippen LogP contribution >= 0.6 is 0 Å². The second kappa shape index (κ2) is 26.4. The molecule has 0 aromatic rings. The summed E-state index contributed by atoms with van der Waals surface area (Å²) in [5.41, 5.74) is 0. The van der Waals surface area contributed by atoms with Crippen LogP contribution in [0.3, 0.4) is 0 Å². The molecule has 0 aliphatic rings. The molecule has 0 saturated heterocycles. The molecular weight excluding hydrogens is 598 g/mol. The fourth-order valence-corrected chi connectivity index (χ4v) is 2.95. The highest BCUT2D eigenvalue weighted by Crippen LogP contribution is 1.95. The summed E-state index contributed by atoms with van der Waals surface area (Å²) in [5.74, 6) is -9.82. The van der Waals surface area contributed by atoms with Crippen molar-refractivity contribution >= 4 is 47.8 Å². The van der Waals surface area contributed by atoms with Gasteiger partial charge in [0.2, 0.25) is 0 Å². The van der Waals surface area contributed by atoms with Crippen molar-refractivity contribution in [3.8, 4) is 0 Å². The van der Waals surface area contributed by atoms with E-state index in [1.165, 1.54) is 0 Å². The quantitative estimate of drug-likeness (QED) is 0.0399. The Morgan fingerprint density at radius 2 is 0.395 bits per heavy atom. The smallest absolute Gasteiger partial charge is 0.317 e. The van der Waals surface area contributed by atoms with E-state index in [9.17, 15) is 38.4 Å². The van der Waals surface area contributed by atoms with Crippen molar-refractivity contribution in [1.82, 2.24) is 25.8 Å². The number of nitrogens with zero attached hydrogens (tertiary/aromatic N) is 4. The fourth-order valence-electron chi connectivity index (χ4n) is 2.95. The van der Waals surface area contributed by atoms with Crippen molar-refractivity contribution in [1.29, 1.82) is 0 Å². The van der Waals surface area contributed by atoms with Gasteiger partial charge >= 0.3 is 47.8 Å². The third-order valence-electron chi connectivity index (χ3n) is 4.34. The van der Waals surface area contributed by atoms with E-state index in [-0.39, 0.29) is 32.3 Å². The minimum absolute atomic E-state index is 0. The lowest BCUT2D eigenvalue weighted by atomic mass is 10.4. The summed E-state index contributed by atoms with van der Waals surface area (Å²) >= 11 is 0. The first-order chi connectivity index (χ1) is 19.4. The van der Waals surface area contributed by atoms with Crippen LogP contribution in [0.1, 0.15) is 0 Å². The van der Waals surface area contributed by atoms with E-state index in [1.807, 2.05) is 0 Å².